The first-order valence-corrected chi connectivity index (χ1v) is 8.49. The molecule has 114 valence electrons. The van der Waals surface area contributed by atoms with Crippen LogP contribution < -0.4 is 5.32 Å². The van der Waals surface area contributed by atoms with E-state index in [2.05, 4.69) is 5.32 Å². The Balaban J connectivity index is 1.30. The number of rotatable bonds is 5. The molecule has 4 bridgehead atoms. The molecule has 1 aromatic rings. The van der Waals surface area contributed by atoms with Gasteiger partial charge in [0.25, 0.3) is 0 Å². The zero-order valence-corrected chi connectivity index (χ0v) is 12.6. The Kier molecular flexibility index (Phi) is 3.31. The van der Waals surface area contributed by atoms with E-state index < -0.39 is 0 Å². The van der Waals surface area contributed by atoms with Crippen molar-refractivity contribution in [3.05, 3.63) is 24.2 Å². The maximum Gasteiger partial charge on any atom is 0.220 e. The van der Waals surface area contributed by atoms with Crippen molar-refractivity contribution in [3.8, 4) is 0 Å². The minimum Gasteiger partial charge on any atom is -0.472 e. The first kappa shape index (κ1) is 13.4. The summed E-state index contributed by atoms with van der Waals surface area (Å²) in [5.41, 5.74) is 1.51. The molecule has 1 amide bonds. The first-order chi connectivity index (χ1) is 10.2. The molecule has 4 aliphatic rings. The SMILES string of the molecule is O=C(CC12CC3CC(CC(C3)C1)C2)NCCc1ccoc1. The molecular formula is C18H25NO2. The fourth-order valence-corrected chi connectivity index (χ4v) is 5.69. The van der Waals surface area contributed by atoms with Crippen LogP contribution in [0.5, 0.6) is 0 Å². The van der Waals surface area contributed by atoms with E-state index in [-0.39, 0.29) is 5.91 Å². The lowest BCUT2D eigenvalue weighted by Gasteiger charge is -2.56. The summed E-state index contributed by atoms with van der Waals surface area (Å²) in [5, 5.41) is 3.12. The van der Waals surface area contributed by atoms with E-state index in [0.717, 1.165) is 42.7 Å². The Morgan fingerprint density at radius 3 is 2.43 bits per heavy atom. The Bertz CT molecular complexity index is 470. The molecule has 4 aliphatic carbocycles. The monoisotopic (exact) mass is 287 g/mol. The Morgan fingerprint density at radius 2 is 1.86 bits per heavy atom. The van der Waals surface area contributed by atoms with Gasteiger partial charge in [0.15, 0.2) is 0 Å². The summed E-state index contributed by atoms with van der Waals surface area (Å²) in [4.78, 5) is 12.3. The van der Waals surface area contributed by atoms with Gasteiger partial charge in [0, 0.05) is 13.0 Å². The van der Waals surface area contributed by atoms with Gasteiger partial charge >= 0.3 is 0 Å². The van der Waals surface area contributed by atoms with Crippen LogP contribution in [0.4, 0.5) is 0 Å². The largest absolute Gasteiger partial charge is 0.472 e. The second-order valence-electron chi connectivity index (χ2n) is 7.83. The molecule has 0 aliphatic heterocycles. The highest BCUT2D eigenvalue weighted by atomic mass is 16.3. The van der Waals surface area contributed by atoms with E-state index >= 15 is 0 Å². The van der Waals surface area contributed by atoms with Crippen LogP contribution in [0.25, 0.3) is 0 Å². The van der Waals surface area contributed by atoms with Gasteiger partial charge in [-0.3, -0.25) is 4.79 Å². The summed E-state index contributed by atoms with van der Waals surface area (Å²) in [6.07, 6.45) is 13.4. The van der Waals surface area contributed by atoms with Gasteiger partial charge in [-0.05, 0) is 79.7 Å². The topological polar surface area (TPSA) is 42.2 Å². The van der Waals surface area contributed by atoms with Gasteiger partial charge in [0.1, 0.15) is 0 Å². The highest BCUT2D eigenvalue weighted by Gasteiger charge is 2.51. The molecule has 4 saturated carbocycles. The van der Waals surface area contributed by atoms with E-state index in [1.165, 1.54) is 38.5 Å². The zero-order chi connectivity index (χ0) is 14.3. The van der Waals surface area contributed by atoms with Gasteiger partial charge in [-0.25, -0.2) is 0 Å². The van der Waals surface area contributed by atoms with Crippen LogP contribution in [0.1, 0.15) is 50.5 Å². The smallest absolute Gasteiger partial charge is 0.220 e. The van der Waals surface area contributed by atoms with E-state index in [9.17, 15) is 4.79 Å². The average molecular weight is 287 g/mol. The van der Waals surface area contributed by atoms with Gasteiger partial charge in [-0.1, -0.05) is 0 Å². The Hall–Kier alpha value is -1.25. The Labute approximate surface area is 126 Å². The summed E-state index contributed by atoms with van der Waals surface area (Å²) in [6.45, 7) is 0.727. The maximum absolute atomic E-state index is 12.3. The molecule has 1 N–H and O–H groups in total. The molecule has 0 saturated heterocycles. The summed E-state index contributed by atoms with van der Waals surface area (Å²) in [6, 6.07) is 1.96. The van der Waals surface area contributed by atoms with Crippen molar-refractivity contribution in [2.24, 2.45) is 23.2 Å². The van der Waals surface area contributed by atoms with Crippen molar-refractivity contribution in [2.45, 2.75) is 51.4 Å². The van der Waals surface area contributed by atoms with Gasteiger partial charge in [-0.15, -0.1) is 0 Å². The molecule has 0 spiro atoms. The van der Waals surface area contributed by atoms with Crippen molar-refractivity contribution in [1.82, 2.24) is 5.32 Å². The van der Waals surface area contributed by atoms with E-state index in [1.807, 2.05) is 6.07 Å². The molecule has 3 nitrogen and oxygen atoms in total. The lowest BCUT2D eigenvalue weighted by atomic mass is 9.49. The minimum absolute atomic E-state index is 0.264. The molecule has 1 heterocycles. The van der Waals surface area contributed by atoms with Crippen molar-refractivity contribution in [1.29, 1.82) is 0 Å². The zero-order valence-electron chi connectivity index (χ0n) is 12.6. The summed E-state index contributed by atoms with van der Waals surface area (Å²) >= 11 is 0. The Morgan fingerprint density at radius 1 is 1.19 bits per heavy atom. The molecule has 21 heavy (non-hydrogen) atoms. The minimum atomic E-state index is 0.264. The predicted octanol–water partition coefficient (Wildman–Crippen LogP) is 3.54. The maximum atomic E-state index is 12.3. The van der Waals surface area contributed by atoms with Crippen molar-refractivity contribution in [3.63, 3.8) is 0 Å². The molecule has 1 aromatic heterocycles. The van der Waals surface area contributed by atoms with Crippen LogP contribution in [0.3, 0.4) is 0 Å². The number of furan rings is 1. The fourth-order valence-electron chi connectivity index (χ4n) is 5.69. The number of nitrogens with one attached hydrogen (secondary N) is 1. The lowest BCUT2D eigenvalue weighted by Crippen LogP contribution is -2.48. The molecule has 0 aromatic carbocycles. The molecule has 0 unspecified atom stereocenters. The average Bonchev–Trinajstić information content (AvgIpc) is 2.89. The first-order valence-electron chi connectivity index (χ1n) is 8.49. The third-order valence-electron chi connectivity index (χ3n) is 6.02. The molecule has 5 rings (SSSR count). The number of hydrogen-bond donors (Lipinski definition) is 1. The van der Waals surface area contributed by atoms with Crippen LogP contribution >= 0.6 is 0 Å². The van der Waals surface area contributed by atoms with E-state index in [0.29, 0.717) is 5.41 Å². The van der Waals surface area contributed by atoms with E-state index in [4.69, 9.17) is 4.42 Å². The number of amides is 1. The van der Waals surface area contributed by atoms with Gasteiger partial charge in [0.2, 0.25) is 5.91 Å². The third kappa shape index (κ3) is 2.75. The second kappa shape index (κ2) is 5.19. The van der Waals surface area contributed by atoms with Gasteiger partial charge in [0.05, 0.1) is 12.5 Å². The van der Waals surface area contributed by atoms with Crippen molar-refractivity contribution in [2.75, 3.05) is 6.54 Å². The molecular weight excluding hydrogens is 262 g/mol. The van der Waals surface area contributed by atoms with Crippen molar-refractivity contribution < 1.29 is 9.21 Å². The highest BCUT2D eigenvalue weighted by molar-refractivity contribution is 5.76. The van der Waals surface area contributed by atoms with Crippen molar-refractivity contribution >= 4 is 5.91 Å². The van der Waals surface area contributed by atoms with Gasteiger partial charge in [-0.2, -0.15) is 0 Å². The molecule has 0 atom stereocenters. The van der Waals surface area contributed by atoms with E-state index in [1.54, 1.807) is 12.5 Å². The number of carbonyl (C=O) groups is 1. The van der Waals surface area contributed by atoms with Gasteiger partial charge < -0.3 is 9.73 Å². The number of carbonyl (C=O) groups excluding carboxylic acids is 1. The highest BCUT2D eigenvalue weighted by Crippen LogP contribution is 2.61. The lowest BCUT2D eigenvalue weighted by molar-refractivity contribution is -0.129. The third-order valence-corrected chi connectivity index (χ3v) is 6.02. The summed E-state index contributed by atoms with van der Waals surface area (Å²) < 4.78 is 5.05. The fraction of sp³-hybridized carbons (Fsp3) is 0.722. The standard InChI is InChI=1S/C18H25NO2/c20-17(19-3-1-13-2-4-21-12-13)11-18-8-14-5-15(9-18)7-16(6-14)10-18/h2,4,12,14-16H,1,3,5-11H2,(H,19,20). The second-order valence-corrected chi connectivity index (χ2v) is 7.83. The molecule has 3 heteroatoms. The van der Waals surface area contributed by atoms with Crippen LogP contribution in [-0.2, 0) is 11.2 Å². The normalized spacial score (nSPS) is 36.9. The predicted molar refractivity (Wildman–Crippen MR) is 80.6 cm³/mol. The molecule has 0 radical (unpaired) electrons. The summed E-state index contributed by atoms with van der Waals surface area (Å²) in [5.74, 6) is 3.04. The van der Waals surface area contributed by atoms with Crippen LogP contribution in [0.15, 0.2) is 23.0 Å². The van der Waals surface area contributed by atoms with Crippen LogP contribution in [-0.4, -0.2) is 12.5 Å². The summed E-state index contributed by atoms with van der Waals surface area (Å²) in [7, 11) is 0. The molecule has 4 fully saturated rings. The van der Waals surface area contributed by atoms with Crippen LogP contribution in [0.2, 0.25) is 0 Å². The quantitative estimate of drug-likeness (QED) is 0.900. The van der Waals surface area contributed by atoms with Crippen LogP contribution in [0, 0.1) is 23.2 Å². The number of hydrogen-bond acceptors (Lipinski definition) is 2.